The van der Waals surface area contributed by atoms with Gasteiger partial charge in [-0.15, -0.1) is 0 Å². The molecule has 102 valence electrons. The number of nitrogens with two attached hydrogens (primary N) is 1. The Morgan fingerprint density at radius 2 is 1.24 bits per heavy atom. The molecule has 4 heteroatoms. The van der Waals surface area contributed by atoms with E-state index in [0.29, 0.717) is 0 Å². The second-order valence-corrected chi connectivity index (χ2v) is 4.66. The zero-order chi connectivity index (χ0) is 12.6. The molecule has 0 saturated carbocycles. The minimum absolute atomic E-state index is 0.887. The molecule has 0 unspecified atom stereocenters. The van der Waals surface area contributed by atoms with E-state index in [0.717, 1.165) is 13.0 Å². The summed E-state index contributed by atoms with van der Waals surface area (Å²) in [5.41, 5.74) is 2.80. The summed E-state index contributed by atoms with van der Waals surface area (Å²) in [6.45, 7) is 3.15. The van der Waals surface area contributed by atoms with Crippen LogP contribution in [-0.2, 0) is 0 Å². The highest BCUT2D eigenvalue weighted by Crippen LogP contribution is 2.10. The third-order valence-corrected chi connectivity index (χ3v) is 3.02. The van der Waals surface area contributed by atoms with Gasteiger partial charge in [0.05, 0.1) is 0 Å². The van der Waals surface area contributed by atoms with Crippen molar-refractivity contribution in [3.8, 4) is 0 Å². The lowest BCUT2D eigenvalue weighted by molar-refractivity contribution is 0.538. The Morgan fingerprint density at radius 1 is 0.765 bits per heavy atom. The van der Waals surface area contributed by atoms with Gasteiger partial charge in [-0.05, 0) is 6.42 Å². The summed E-state index contributed by atoms with van der Waals surface area (Å²) >= 11 is 0. The molecule has 0 aromatic rings. The van der Waals surface area contributed by atoms with E-state index < -0.39 is 0 Å². The normalized spacial score (nSPS) is 11.1. The van der Waals surface area contributed by atoms with Crippen LogP contribution in [0.1, 0.15) is 77.6 Å². The van der Waals surface area contributed by atoms with Gasteiger partial charge >= 0.3 is 0 Å². The number of nitrogens with zero attached hydrogens (tertiary/aromatic N) is 2. The molecule has 4 nitrogen and oxygen atoms in total. The van der Waals surface area contributed by atoms with Gasteiger partial charge in [-0.2, -0.15) is 0 Å². The van der Waals surface area contributed by atoms with Crippen molar-refractivity contribution in [3.05, 3.63) is 0 Å². The Balaban J connectivity index is 2.89. The van der Waals surface area contributed by atoms with Gasteiger partial charge in [-0.1, -0.05) is 81.6 Å². The molecule has 0 aliphatic rings. The maximum Gasteiger partial charge on any atom is 0.0347 e. The van der Waals surface area contributed by atoms with Crippen LogP contribution in [0.3, 0.4) is 0 Å². The van der Waals surface area contributed by atoms with E-state index >= 15 is 0 Å². The van der Waals surface area contributed by atoms with E-state index in [2.05, 4.69) is 22.8 Å². The van der Waals surface area contributed by atoms with Crippen molar-refractivity contribution in [2.24, 2.45) is 16.3 Å². The number of unbranched alkanes of at least 4 members (excludes halogenated alkanes) is 10. The molecular weight excluding hydrogens is 212 g/mol. The molecule has 0 aromatic heterocycles. The zero-order valence-electron chi connectivity index (χ0n) is 11.5. The number of hydrogen-bond acceptors (Lipinski definition) is 2. The van der Waals surface area contributed by atoms with Gasteiger partial charge in [-0.3, -0.25) is 5.43 Å². The van der Waals surface area contributed by atoms with Crippen molar-refractivity contribution >= 4 is 0 Å². The molecule has 0 heterocycles. The summed E-state index contributed by atoms with van der Waals surface area (Å²) in [5.74, 6) is 4.86. The van der Waals surface area contributed by atoms with Gasteiger partial charge in [0, 0.05) is 6.54 Å². The van der Waals surface area contributed by atoms with Crippen molar-refractivity contribution < 1.29 is 0 Å². The van der Waals surface area contributed by atoms with Gasteiger partial charge in [0.1, 0.15) is 0 Å². The summed E-state index contributed by atoms with van der Waals surface area (Å²) in [6.07, 6.45) is 15.0. The lowest BCUT2D eigenvalue weighted by Gasteiger charge is -2.02. The molecule has 0 aromatic carbocycles. The van der Waals surface area contributed by atoms with Gasteiger partial charge in [0.15, 0.2) is 0 Å². The molecule has 0 spiro atoms. The number of nitrogens with one attached hydrogen (secondary N) is 1. The summed E-state index contributed by atoms with van der Waals surface area (Å²) < 4.78 is 0. The molecule has 0 aliphatic heterocycles. The van der Waals surface area contributed by atoms with E-state index in [9.17, 15) is 0 Å². The van der Waals surface area contributed by atoms with E-state index in [1.165, 1.54) is 64.2 Å². The summed E-state index contributed by atoms with van der Waals surface area (Å²) in [4.78, 5) is 0. The van der Waals surface area contributed by atoms with Gasteiger partial charge < -0.3 is 5.84 Å². The summed E-state index contributed by atoms with van der Waals surface area (Å²) in [6, 6.07) is 0. The Bertz CT molecular complexity index is 159. The first kappa shape index (κ1) is 16.2. The average molecular weight is 242 g/mol. The molecule has 0 rings (SSSR count). The fraction of sp³-hybridized carbons (Fsp3) is 1.00. The molecule has 17 heavy (non-hydrogen) atoms. The molecule has 0 fully saturated rings. The van der Waals surface area contributed by atoms with Crippen LogP contribution in [0, 0.1) is 0 Å². The van der Waals surface area contributed by atoms with Crippen LogP contribution in [0.4, 0.5) is 0 Å². The Hall–Kier alpha value is -0.800. The quantitative estimate of drug-likeness (QED) is 0.221. The number of hydrogen-bond donors (Lipinski definition) is 2. The van der Waals surface area contributed by atoms with E-state index in [1.54, 1.807) is 0 Å². The van der Waals surface area contributed by atoms with E-state index in [4.69, 9.17) is 5.84 Å². The van der Waals surface area contributed by atoms with Gasteiger partial charge in [0.2, 0.25) is 0 Å². The molecule has 0 bridgehead atoms. The van der Waals surface area contributed by atoms with Crippen molar-refractivity contribution in [2.75, 3.05) is 6.54 Å². The second-order valence-electron chi connectivity index (χ2n) is 4.66. The third-order valence-electron chi connectivity index (χ3n) is 3.02. The summed E-state index contributed by atoms with van der Waals surface area (Å²) in [5, 5.41) is 6.65. The van der Waals surface area contributed by atoms with Gasteiger partial charge in [-0.25, -0.2) is 0 Å². The highest BCUT2D eigenvalue weighted by Gasteiger charge is 1.92. The summed E-state index contributed by atoms with van der Waals surface area (Å²) in [7, 11) is 0. The lowest BCUT2D eigenvalue weighted by Crippen LogP contribution is -2.06. The minimum atomic E-state index is 0.887. The minimum Gasteiger partial charge on any atom is -0.303 e. The smallest absolute Gasteiger partial charge is 0.0347 e. The van der Waals surface area contributed by atoms with Crippen LogP contribution in [-0.4, -0.2) is 6.54 Å². The second kappa shape index (κ2) is 15.2. The van der Waals surface area contributed by atoms with Crippen molar-refractivity contribution in [3.63, 3.8) is 0 Å². The molecule has 0 saturated heterocycles. The van der Waals surface area contributed by atoms with Crippen LogP contribution < -0.4 is 11.3 Å². The first-order valence-corrected chi connectivity index (χ1v) is 7.24. The molecular formula is C13H30N4. The molecule has 0 amide bonds. The maximum absolute atomic E-state index is 4.86. The van der Waals surface area contributed by atoms with Crippen LogP contribution in [0.25, 0.3) is 0 Å². The third kappa shape index (κ3) is 15.2. The van der Waals surface area contributed by atoms with Gasteiger partial charge in [0.25, 0.3) is 0 Å². The van der Waals surface area contributed by atoms with Crippen LogP contribution in [0.5, 0.6) is 0 Å². The molecule has 3 N–H and O–H groups in total. The van der Waals surface area contributed by atoms with Crippen molar-refractivity contribution in [1.82, 2.24) is 5.43 Å². The highest BCUT2D eigenvalue weighted by molar-refractivity contribution is 4.48. The lowest BCUT2D eigenvalue weighted by atomic mass is 10.1. The largest absolute Gasteiger partial charge is 0.303 e. The molecule has 0 radical (unpaired) electrons. The Kier molecular flexibility index (Phi) is 14.5. The monoisotopic (exact) mass is 242 g/mol. The SMILES string of the molecule is CCCCCCCCCCCCCNN=NN. The predicted molar refractivity (Wildman–Crippen MR) is 73.5 cm³/mol. The number of rotatable bonds is 13. The predicted octanol–water partition coefficient (Wildman–Crippen LogP) is 4.13. The average Bonchev–Trinajstić information content (AvgIpc) is 2.35. The zero-order valence-corrected chi connectivity index (χ0v) is 11.5. The first-order chi connectivity index (χ1) is 8.41. The van der Waals surface area contributed by atoms with Crippen molar-refractivity contribution in [1.29, 1.82) is 0 Å². The van der Waals surface area contributed by atoms with Crippen molar-refractivity contribution in [2.45, 2.75) is 77.6 Å². The maximum atomic E-state index is 4.86. The molecule has 0 aliphatic carbocycles. The highest BCUT2D eigenvalue weighted by atomic mass is 15.5. The van der Waals surface area contributed by atoms with E-state index in [-0.39, 0.29) is 0 Å². The Labute approximate surface area is 106 Å². The standard InChI is InChI=1S/C13H30N4/c1-2-3-4-5-6-7-8-9-10-11-12-13-15-17-16-14/h2-13H2,1H3,(H2,14,17)(H,15,16). The van der Waals surface area contributed by atoms with E-state index in [1.807, 2.05) is 0 Å². The first-order valence-electron chi connectivity index (χ1n) is 7.24. The fourth-order valence-electron chi connectivity index (χ4n) is 1.96. The topological polar surface area (TPSA) is 62.8 Å². The Morgan fingerprint density at radius 3 is 1.71 bits per heavy atom. The molecule has 0 atom stereocenters. The van der Waals surface area contributed by atoms with Crippen LogP contribution in [0.15, 0.2) is 10.4 Å². The van der Waals surface area contributed by atoms with Crippen LogP contribution in [0.2, 0.25) is 0 Å². The van der Waals surface area contributed by atoms with Crippen LogP contribution >= 0.6 is 0 Å². The fourth-order valence-corrected chi connectivity index (χ4v) is 1.96.